The van der Waals surface area contributed by atoms with Crippen LogP contribution < -0.4 is 9.62 Å². The van der Waals surface area contributed by atoms with E-state index in [1.807, 2.05) is 69.3 Å². The lowest BCUT2D eigenvalue weighted by atomic mass is 10.0. The number of sulfonamides is 1. The summed E-state index contributed by atoms with van der Waals surface area (Å²) < 4.78 is 29.5. The van der Waals surface area contributed by atoms with Gasteiger partial charge in [0.25, 0.3) is 10.0 Å². The highest BCUT2D eigenvalue weighted by Gasteiger charge is 2.35. The molecule has 0 aliphatic heterocycles. The SMILES string of the molecule is CCCCNC(=O)C(Cc1ccccc1)N(Cc1ccccc1Cl)C(=O)CN(c1ccc(C)cc1C)S(=O)(=O)c1ccccc1. The van der Waals surface area contributed by atoms with Gasteiger partial charge in [-0.2, -0.15) is 0 Å². The number of carbonyl (C=O) groups excluding carboxylic acids is 2. The Hall–Kier alpha value is -4.14. The fraction of sp³-hybridized carbons (Fsp3) is 0.278. The molecule has 4 aromatic rings. The average molecular weight is 646 g/mol. The Morgan fingerprint density at radius 3 is 2.16 bits per heavy atom. The van der Waals surface area contributed by atoms with Crippen molar-refractivity contribution in [1.82, 2.24) is 10.2 Å². The normalized spacial score (nSPS) is 11.9. The summed E-state index contributed by atoms with van der Waals surface area (Å²) in [6.45, 7) is 5.75. The highest BCUT2D eigenvalue weighted by molar-refractivity contribution is 7.92. The van der Waals surface area contributed by atoms with Gasteiger partial charge in [-0.1, -0.05) is 109 Å². The number of anilines is 1. The second kappa shape index (κ2) is 15.7. The van der Waals surface area contributed by atoms with Crippen LogP contribution in [0, 0.1) is 13.8 Å². The van der Waals surface area contributed by atoms with Crippen molar-refractivity contribution < 1.29 is 18.0 Å². The number of nitrogens with zero attached hydrogens (tertiary/aromatic N) is 2. The van der Waals surface area contributed by atoms with E-state index in [1.54, 1.807) is 42.5 Å². The van der Waals surface area contributed by atoms with Crippen LogP contribution in [0.1, 0.15) is 42.0 Å². The van der Waals surface area contributed by atoms with Gasteiger partial charge in [0.05, 0.1) is 10.6 Å². The van der Waals surface area contributed by atoms with E-state index in [1.165, 1.54) is 17.0 Å². The zero-order chi connectivity index (χ0) is 32.4. The summed E-state index contributed by atoms with van der Waals surface area (Å²) in [6.07, 6.45) is 1.93. The summed E-state index contributed by atoms with van der Waals surface area (Å²) >= 11 is 6.56. The van der Waals surface area contributed by atoms with Gasteiger partial charge in [-0.25, -0.2) is 8.42 Å². The zero-order valence-electron chi connectivity index (χ0n) is 25.9. The molecule has 7 nitrogen and oxygen atoms in total. The number of hydrogen-bond donors (Lipinski definition) is 1. The lowest BCUT2D eigenvalue weighted by Crippen LogP contribution is -2.53. The van der Waals surface area contributed by atoms with Crippen molar-refractivity contribution in [3.8, 4) is 0 Å². The Morgan fingerprint density at radius 1 is 0.867 bits per heavy atom. The summed E-state index contributed by atoms with van der Waals surface area (Å²) in [5.74, 6) is -0.835. The third-order valence-electron chi connectivity index (χ3n) is 7.63. The maximum atomic E-state index is 14.6. The van der Waals surface area contributed by atoms with Crippen molar-refractivity contribution in [3.63, 3.8) is 0 Å². The van der Waals surface area contributed by atoms with Crippen molar-refractivity contribution in [2.75, 3.05) is 17.4 Å². The Kier molecular flexibility index (Phi) is 11.8. The number of aryl methyl sites for hydroxylation is 2. The minimum atomic E-state index is -4.16. The Bertz CT molecular complexity index is 1700. The molecule has 0 fully saturated rings. The molecule has 0 radical (unpaired) electrons. The van der Waals surface area contributed by atoms with Crippen molar-refractivity contribution in [1.29, 1.82) is 0 Å². The second-order valence-electron chi connectivity index (χ2n) is 11.1. The van der Waals surface area contributed by atoms with E-state index >= 15 is 0 Å². The molecule has 0 aliphatic carbocycles. The highest BCUT2D eigenvalue weighted by Crippen LogP contribution is 2.29. The van der Waals surface area contributed by atoms with Gasteiger partial charge in [-0.05, 0) is 61.2 Å². The van der Waals surface area contributed by atoms with E-state index in [0.29, 0.717) is 28.4 Å². The van der Waals surface area contributed by atoms with E-state index in [9.17, 15) is 18.0 Å². The molecule has 0 aliphatic rings. The van der Waals surface area contributed by atoms with E-state index in [-0.39, 0.29) is 23.8 Å². The predicted molar refractivity (Wildman–Crippen MR) is 181 cm³/mol. The number of benzene rings is 4. The standard InChI is InChI=1S/C36H40ClN3O4S/c1-4-5-22-38-36(42)34(24-29-14-8-6-9-15-29)39(25-30-16-12-13-19-32(30)37)35(41)26-40(33-21-20-27(2)23-28(33)3)45(43,44)31-17-10-7-11-18-31/h6-21,23,34H,4-5,22,24-26H2,1-3H3,(H,38,42). The van der Waals surface area contributed by atoms with Crippen LogP contribution in [0.25, 0.3) is 0 Å². The summed E-state index contributed by atoms with van der Waals surface area (Å²) in [5.41, 5.74) is 3.58. The molecule has 2 amide bonds. The fourth-order valence-electron chi connectivity index (χ4n) is 5.19. The van der Waals surface area contributed by atoms with Crippen LogP contribution >= 0.6 is 11.6 Å². The van der Waals surface area contributed by atoms with Crippen LogP contribution in [0.5, 0.6) is 0 Å². The summed E-state index contributed by atoms with van der Waals surface area (Å²) in [4.78, 5) is 29.9. The van der Waals surface area contributed by atoms with Crippen molar-refractivity contribution in [2.45, 2.75) is 57.5 Å². The van der Waals surface area contributed by atoms with Crippen LogP contribution in [0.2, 0.25) is 5.02 Å². The van der Waals surface area contributed by atoms with Gasteiger partial charge >= 0.3 is 0 Å². The first-order valence-corrected chi connectivity index (χ1v) is 16.9. The number of hydrogen-bond acceptors (Lipinski definition) is 4. The van der Waals surface area contributed by atoms with Gasteiger partial charge in [0.1, 0.15) is 12.6 Å². The van der Waals surface area contributed by atoms with Crippen molar-refractivity contribution >= 4 is 39.1 Å². The molecular weight excluding hydrogens is 606 g/mol. The monoisotopic (exact) mass is 645 g/mol. The fourth-order valence-corrected chi connectivity index (χ4v) is 6.88. The van der Waals surface area contributed by atoms with Crippen LogP contribution in [-0.2, 0) is 32.6 Å². The maximum Gasteiger partial charge on any atom is 0.264 e. The molecule has 0 saturated carbocycles. The molecule has 4 rings (SSSR count). The Balaban J connectivity index is 1.81. The number of amides is 2. The first kappa shape index (κ1) is 33.7. The van der Waals surface area contributed by atoms with E-state index in [0.717, 1.165) is 28.3 Å². The molecule has 236 valence electrons. The Labute approximate surface area is 271 Å². The minimum absolute atomic E-state index is 0.0172. The Morgan fingerprint density at radius 2 is 1.51 bits per heavy atom. The topological polar surface area (TPSA) is 86.8 Å². The largest absolute Gasteiger partial charge is 0.354 e. The first-order chi connectivity index (χ1) is 21.6. The van der Waals surface area contributed by atoms with Crippen LogP contribution in [0.4, 0.5) is 5.69 Å². The van der Waals surface area contributed by atoms with Gasteiger partial charge in [0, 0.05) is 24.5 Å². The second-order valence-corrected chi connectivity index (χ2v) is 13.3. The quantitative estimate of drug-likeness (QED) is 0.155. The minimum Gasteiger partial charge on any atom is -0.354 e. The molecule has 45 heavy (non-hydrogen) atoms. The van der Waals surface area contributed by atoms with E-state index in [4.69, 9.17) is 11.6 Å². The zero-order valence-corrected chi connectivity index (χ0v) is 27.5. The third-order valence-corrected chi connectivity index (χ3v) is 9.77. The number of rotatable bonds is 14. The molecule has 9 heteroatoms. The molecule has 0 saturated heterocycles. The van der Waals surface area contributed by atoms with Gasteiger partial charge in [0.15, 0.2) is 0 Å². The van der Waals surface area contributed by atoms with Crippen molar-refractivity contribution in [3.05, 3.63) is 130 Å². The summed E-state index contributed by atoms with van der Waals surface area (Å²) in [6, 6.07) is 29.2. The van der Waals surface area contributed by atoms with Crippen LogP contribution in [-0.4, -0.2) is 44.3 Å². The number of halogens is 1. The smallest absolute Gasteiger partial charge is 0.264 e. The molecule has 0 aromatic heterocycles. The maximum absolute atomic E-state index is 14.6. The number of unbranched alkanes of at least 4 members (excludes halogenated alkanes) is 1. The van der Waals surface area contributed by atoms with E-state index < -0.39 is 28.5 Å². The molecule has 0 bridgehead atoms. The third kappa shape index (κ3) is 8.74. The first-order valence-electron chi connectivity index (χ1n) is 15.1. The molecule has 1 atom stereocenters. The molecular formula is C36H40ClN3O4S. The molecule has 0 heterocycles. The molecule has 4 aromatic carbocycles. The van der Waals surface area contributed by atoms with Crippen molar-refractivity contribution in [2.24, 2.45) is 0 Å². The number of nitrogens with one attached hydrogen (secondary N) is 1. The van der Waals surface area contributed by atoms with Crippen LogP contribution in [0.3, 0.4) is 0 Å². The predicted octanol–water partition coefficient (Wildman–Crippen LogP) is 6.71. The molecule has 0 spiro atoms. The molecule has 1 N–H and O–H groups in total. The lowest BCUT2D eigenvalue weighted by Gasteiger charge is -2.34. The van der Waals surface area contributed by atoms with Gasteiger partial charge in [-0.15, -0.1) is 0 Å². The number of carbonyl (C=O) groups is 2. The van der Waals surface area contributed by atoms with Gasteiger partial charge in [-0.3, -0.25) is 13.9 Å². The molecule has 1 unspecified atom stereocenters. The van der Waals surface area contributed by atoms with Gasteiger partial charge < -0.3 is 10.2 Å². The lowest BCUT2D eigenvalue weighted by molar-refractivity contribution is -0.140. The average Bonchev–Trinajstić information content (AvgIpc) is 3.03. The summed E-state index contributed by atoms with van der Waals surface area (Å²) in [7, 11) is -4.16. The van der Waals surface area contributed by atoms with E-state index in [2.05, 4.69) is 5.32 Å². The highest BCUT2D eigenvalue weighted by atomic mass is 35.5. The van der Waals surface area contributed by atoms with Gasteiger partial charge in [0.2, 0.25) is 11.8 Å². The summed E-state index contributed by atoms with van der Waals surface area (Å²) in [5, 5.41) is 3.45. The van der Waals surface area contributed by atoms with Crippen LogP contribution in [0.15, 0.2) is 108 Å².